The summed E-state index contributed by atoms with van der Waals surface area (Å²) in [6.07, 6.45) is -2.54. The number of aliphatic hydroxyl groups excluding tert-OH is 21. The summed E-state index contributed by atoms with van der Waals surface area (Å²) < 4.78 is 24.4. The van der Waals surface area contributed by atoms with E-state index in [1.165, 1.54) is 0 Å². The maximum atomic E-state index is 15.0. The van der Waals surface area contributed by atoms with Crippen LogP contribution in [0.15, 0.2) is 54.6 Å². The Hall–Kier alpha value is -7.22. The minimum absolute atomic E-state index is 0.0547. The summed E-state index contributed by atoms with van der Waals surface area (Å²) in [7, 11) is 0. The predicted molar refractivity (Wildman–Crippen MR) is 390 cm³/mol. The van der Waals surface area contributed by atoms with Gasteiger partial charge in [-0.15, -0.1) is 0 Å². The van der Waals surface area contributed by atoms with Gasteiger partial charge in [0.2, 0.25) is 52.2 Å². The molecule has 0 aliphatic carbocycles. The molecule has 0 heterocycles. The SMILES string of the molecule is O=C(CCOCC(CCCCCCCNC(=O)OCc1c2ccccc2cc2ccccc12)(COCCCC(C(=O)NC(CO)(CO)CO)(C(=O)NC(CO)(CO)CO)C(=O)NC(CO)(CO)CO)COCCC(C(=O)NC(CO)(CO)CO)(C(=O)NC(CO)(CO)CO)C(=O)NC(CO)(CO)CO)NC(CO)(CO)CO. The summed E-state index contributed by atoms with van der Waals surface area (Å²) in [4.78, 5) is 116. The molecule has 3 aromatic carbocycles. The summed E-state index contributed by atoms with van der Waals surface area (Å²) in [5, 5.41) is 237. The highest BCUT2D eigenvalue weighted by Crippen LogP contribution is 2.35. The van der Waals surface area contributed by atoms with Gasteiger partial charge in [-0.25, -0.2) is 4.79 Å². The van der Waals surface area contributed by atoms with Crippen molar-refractivity contribution >= 4 is 69.0 Å². The third kappa shape index (κ3) is 25.4. The van der Waals surface area contributed by atoms with Crippen LogP contribution in [-0.4, -0.2) is 378 Å². The number of carbonyl (C=O) groups is 8. The summed E-state index contributed by atoms with van der Waals surface area (Å²) in [6, 6.07) is 17.3. The van der Waals surface area contributed by atoms with E-state index in [1.54, 1.807) is 0 Å². The monoisotopic (exact) mass is 1610 g/mol. The number of benzene rings is 3. The molecule has 1 atom stereocenters. The first-order chi connectivity index (χ1) is 53.5. The number of ether oxygens (including phenoxy) is 4. The average molecular weight is 1610 g/mol. The third-order valence-corrected chi connectivity index (χ3v) is 19.9. The molecule has 638 valence electrons. The molecule has 8 amide bonds. The lowest BCUT2D eigenvalue weighted by atomic mass is 9.77. The second-order valence-corrected chi connectivity index (χ2v) is 28.4. The number of alkyl carbamates (subject to hydrolysis) is 1. The number of aliphatic hydroxyl groups is 21. The Morgan fingerprint density at radius 2 is 0.607 bits per heavy atom. The van der Waals surface area contributed by atoms with Gasteiger partial charge in [0.05, 0.1) is 165 Å². The third-order valence-electron chi connectivity index (χ3n) is 19.9. The first-order valence-corrected chi connectivity index (χ1v) is 36.1. The molecule has 0 aromatic heterocycles. The largest absolute Gasteiger partial charge is 0.445 e. The molecule has 41 nitrogen and oxygen atoms in total. The second kappa shape index (κ2) is 47.6. The van der Waals surface area contributed by atoms with Crippen LogP contribution < -0.4 is 42.5 Å². The van der Waals surface area contributed by atoms with E-state index in [9.17, 15) is 131 Å². The minimum atomic E-state index is -3.48. The first kappa shape index (κ1) is 99.0. The normalized spacial score (nSPS) is 13.3. The molecule has 3 rings (SSSR count). The number of rotatable bonds is 60. The standard InChI is InChI=1S/C71H116N8O33/c80-25-63(26-81,27-82)73-54(101)15-21-110-47-62(16-8-2-1-3-9-19-72-61(108)112-24-53-51-13-6-4-11-49(51)23-50-12-5-7-14-52(50)53,48-111-22-18-71(58(105)77-67(37-92,38-93)39-94,59(106)78-68(40-95,41-96)42-97)60(107)79-69(43-98,44-99)45-100)46-109-20-10-17-70(55(102)74-64(28-83,29-84)30-85,56(103)75-65(31-86,32-87)33-88)57(104)76-66(34-89,35-90)36-91/h4-7,11-14,23,80-100H,1-3,8-10,15-22,24-48H2,(H,72,108)(H,73,101)(H,74,102)(H,75,103)(H,76,104)(H,77,105)(H,78,106)(H,79,107). The number of hydrogen-bond acceptors (Lipinski definition) is 33. The van der Waals surface area contributed by atoms with E-state index in [0.717, 1.165) is 27.1 Å². The fourth-order valence-electron chi connectivity index (χ4n) is 11.5. The molecule has 1 unspecified atom stereocenters. The zero-order valence-electron chi connectivity index (χ0n) is 62.6. The first-order valence-electron chi connectivity index (χ1n) is 36.1. The maximum Gasteiger partial charge on any atom is 0.407 e. The van der Waals surface area contributed by atoms with Crippen LogP contribution in [0.3, 0.4) is 0 Å². The molecule has 0 saturated carbocycles. The zero-order chi connectivity index (χ0) is 83.9. The fraction of sp³-hybridized carbons (Fsp3) is 0.690. The molecule has 0 fully saturated rings. The van der Waals surface area contributed by atoms with Crippen LogP contribution in [0, 0.1) is 16.2 Å². The number of hydrogen-bond donors (Lipinski definition) is 29. The van der Waals surface area contributed by atoms with Crippen LogP contribution in [0.2, 0.25) is 0 Å². The fourth-order valence-corrected chi connectivity index (χ4v) is 11.5. The molecule has 0 aliphatic rings. The average Bonchev–Trinajstić information content (AvgIpc) is 0.775. The topological polar surface area (TPSA) is 695 Å². The summed E-state index contributed by atoms with van der Waals surface area (Å²) in [5.41, 5.74) is -24.4. The molecule has 0 spiro atoms. The molecule has 0 radical (unpaired) electrons. The maximum absolute atomic E-state index is 15.0. The van der Waals surface area contributed by atoms with Gasteiger partial charge in [-0.2, -0.15) is 0 Å². The van der Waals surface area contributed by atoms with Gasteiger partial charge in [0.25, 0.3) is 0 Å². The number of carbonyl (C=O) groups excluding carboxylic acids is 8. The Balaban J connectivity index is 2.29. The highest BCUT2D eigenvalue weighted by atomic mass is 16.5. The number of amides is 8. The van der Waals surface area contributed by atoms with Crippen molar-refractivity contribution < 1.29 is 165 Å². The lowest BCUT2D eigenvalue weighted by Crippen LogP contribution is -2.71. The Bertz CT molecular complexity index is 3100. The van der Waals surface area contributed by atoms with E-state index in [4.69, 9.17) is 18.9 Å². The molecule has 3 aromatic rings. The predicted octanol–water partition coefficient (Wildman–Crippen LogP) is -11.0. The highest BCUT2D eigenvalue weighted by molar-refractivity contribution is 6.24. The van der Waals surface area contributed by atoms with Crippen molar-refractivity contribution in [1.82, 2.24) is 42.5 Å². The van der Waals surface area contributed by atoms with Crippen LogP contribution in [0.5, 0.6) is 0 Å². The quantitative estimate of drug-likeness (QED) is 0.0142. The lowest BCUT2D eigenvalue weighted by molar-refractivity contribution is -0.161. The van der Waals surface area contributed by atoms with Crippen molar-refractivity contribution in [3.05, 3.63) is 60.2 Å². The van der Waals surface area contributed by atoms with Crippen molar-refractivity contribution in [3.63, 3.8) is 0 Å². The second-order valence-electron chi connectivity index (χ2n) is 28.4. The van der Waals surface area contributed by atoms with Gasteiger partial charge >= 0.3 is 6.09 Å². The Kier molecular flexibility index (Phi) is 42.1. The van der Waals surface area contributed by atoms with E-state index in [2.05, 4.69) is 26.6 Å². The van der Waals surface area contributed by atoms with Crippen molar-refractivity contribution in [2.45, 2.75) is 110 Å². The van der Waals surface area contributed by atoms with Crippen molar-refractivity contribution in [1.29, 1.82) is 0 Å². The lowest BCUT2D eigenvalue weighted by Gasteiger charge is -2.40. The number of fused-ring (bicyclic) bond motifs is 2. The van der Waals surface area contributed by atoms with Crippen molar-refractivity contribution in [3.8, 4) is 0 Å². The van der Waals surface area contributed by atoms with Crippen LogP contribution in [-0.2, 0) is 59.1 Å². The molecule has 41 heteroatoms. The van der Waals surface area contributed by atoms with Crippen LogP contribution >= 0.6 is 0 Å². The van der Waals surface area contributed by atoms with Crippen LogP contribution in [0.1, 0.15) is 69.8 Å². The molecular formula is C71H116N8O33. The molecule has 29 N–H and O–H groups in total. The Morgan fingerprint density at radius 3 is 0.955 bits per heavy atom. The molecule has 0 bridgehead atoms. The van der Waals surface area contributed by atoms with Gasteiger partial charge in [0, 0.05) is 43.6 Å². The van der Waals surface area contributed by atoms with Crippen LogP contribution in [0.4, 0.5) is 4.79 Å². The van der Waals surface area contributed by atoms with Crippen molar-refractivity contribution in [2.75, 3.05) is 185 Å². The van der Waals surface area contributed by atoms with E-state index < -0.39 is 307 Å². The smallest absolute Gasteiger partial charge is 0.407 e. The van der Waals surface area contributed by atoms with E-state index in [0.29, 0.717) is 25.7 Å². The van der Waals surface area contributed by atoms with Crippen LogP contribution in [0.25, 0.3) is 21.5 Å². The zero-order valence-corrected chi connectivity index (χ0v) is 62.6. The van der Waals surface area contributed by atoms with Gasteiger partial charge < -0.3 is 169 Å². The molecule has 0 saturated heterocycles. The number of nitrogens with one attached hydrogen (secondary N) is 8. The summed E-state index contributed by atoms with van der Waals surface area (Å²) in [6.45, 7) is -29.9. The van der Waals surface area contributed by atoms with E-state index in [-0.39, 0.29) is 26.0 Å². The summed E-state index contributed by atoms with van der Waals surface area (Å²) >= 11 is 0. The minimum Gasteiger partial charge on any atom is -0.445 e. The van der Waals surface area contributed by atoms with Gasteiger partial charge in [-0.3, -0.25) is 33.6 Å². The molecule has 112 heavy (non-hydrogen) atoms. The Labute approximate surface area is 644 Å². The van der Waals surface area contributed by atoms with E-state index >= 15 is 14.4 Å². The van der Waals surface area contributed by atoms with Gasteiger partial charge in [-0.05, 0) is 53.3 Å². The molecule has 0 aliphatic heterocycles. The summed E-state index contributed by atoms with van der Waals surface area (Å²) in [5.74, 6) is -11.6. The van der Waals surface area contributed by atoms with Gasteiger partial charge in [-0.1, -0.05) is 74.2 Å². The van der Waals surface area contributed by atoms with Crippen molar-refractivity contribution in [2.24, 2.45) is 16.2 Å². The van der Waals surface area contributed by atoms with E-state index in [1.807, 2.05) is 70.5 Å². The number of unbranched alkanes of at least 4 members (excludes halogenated alkanes) is 4. The van der Waals surface area contributed by atoms with Gasteiger partial charge in [0.15, 0.2) is 0 Å². The highest BCUT2D eigenvalue weighted by Gasteiger charge is 2.59. The van der Waals surface area contributed by atoms with Gasteiger partial charge in [0.1, 0.15) is 45.4 Å². The molecular weight excluding hydrogens is 1490 g/mol. The Morgan fingerprint density at radius 1 is 0.312 bits per heavy atom.